The maximum Gasteiger partial charge on any atom is 0.352 e. The Morgan fingerprint density at radius 3 is 2.92 bits per heavy atom. The molecule has 1 fully saturated rings. The zero-order valence-corrected chi connectivity index (χ0v) is 23.8. The number of oxime groups is 1. The number of aromatic nitrogens is 3. The van der Waals surface area contributed by atoms with Gasteiger partial charge in [-0.15, -0.1) is 23.1 Å². The predicted octanol–water partition coefficient (Wildman–Crippen LogP) is 0.496. The molecule has 210 valence electrons. The molecule has 3 aromatic heterocycles. The van der Waals surface area contributed by atoms with Gasteiger partial charge in [-0.05, 0) is 19.1 Å². The third-order valence-electron chi connectivity index (χ3n) is 6.19. The number of fused-ring (bicyclic) bond motifs is 2. The Labute approximate surface area is 241 Å². The van der Waals surface area contributed by atoms with Gasteiger partial charge in [0, 0.05) is 35.1 Å². The van der Waals surface area contributed by atoms with Crippen molar-refractivity contribution in [3.63, 3.8) is 0 Å². The second-order valence-corrected chi connectivity index (χ2v) is 11.8. The number of carbonyl (C=O) groups excluding carboxylic acids is 2. The van der Waals surface area contributed by atoms with Crippen molar-refractivity contribution in [1.82, 2.24) is 19.6 Å². The number of imidazole rings is 1. The fraction of sp³-hybridized carbons (Fsp3) is 0.333. The van der Waals surface area contributed by atoms with Crippen LogP contribution in [0.1, 0.15) is 12.6 Å². The van der Waals surface area contributed by atoms with Crippen molar-refractivity contribution in [3.8, 4) is 0 Å². The summed E-state index contributed by atoms with van der Waals surface area (Å²) in [6.45, 7) is 2.79. The number of amides is 2. The van der Waals surface area contributed by atoms with Gasteiger partial charge in [0.1, 0.15) is 48.4 Å². The van der Waals surface area contributed by atoms with Gasteiger partial charge in [-0.1, -0.05) is 16.9 Å². The largest absolute Gasteiger partial charge is 0.477 e. The van der Waals surface area contributed by atoms with Crippen LogP contribution < -0.4 is 21.4 Å². The molecule has 0 unspecified atom stereocenters. The van der Waals surface area contributed by atoms with Gasteiger partial charge in [0.05, 0.1) is 0 Å². The van der Waals surface area contributed by atoms with Crippen molar-refractivity contribution in [2.24, 2.45) is 10.9 Å². The Morgan fingerprint density at radius 1 is 1.40 bits per heavy atom. The molecule has 5 heterocycles. The molecule has 13 nitrogen and oxygen atoms in total. The number of nitrogens with zero attached hydrogens (tertiary/aromatic N) is 5. The Morgan fingerprint density at radius 2 is 2.23 bits per heavy atom. The summed E-state index contributed by atoms with van der Waals surface area (Å²) in [5, 5.41) is 18.9. The summed E-state index contributed by atoms with van der Waals surface area (Å²) < 4.78 is 3.98. The van der Waals surface area contributed by atoms with E-state index in [2.05, 4.69) is 15.5 Å². The lowest BCUT2D eigenvalue weighted by Crippen LogP contribution is -2.71. The number of β-lactam (4-membered cyclic amide) rings is 1. The number of rotatable bonds is 11. The molecule has 2 atom stereocenters. The zero-order valence-electron chi connectivity index (χ0n) is 21.4. The SMILES string of the molecule is CCON=C(C(=O)N[C@H]1C(=O)N2C(C(=O)O)=C(C[n+]3ccn4c(SCCN)cccc43)CS[C@@H]12)c1csc(N)n1. The van der Waals surface area contributed by atoms with Crippen molar-refractivity contribution in [2.75, 3.05) is 30.4 Å². The number of anilines is 1. The van der Waals surface area contributed by atoms with Gasteiger partial charge in [-0.2, -0.15) is 4.40 Å². The van der Waals surface area contributed by atoms with Crippen molar-refractivity contribution in [1.29, 1.82) is 0 Å². The minimum Gasteiger partial charge on any atom is -0.477 e. The number of aliphatic carboxylic acids is 1. The van der Waals surface area contributed by atoms with Crippen LogP contribution in [-0.2, 0) is 25.8 Å². The fourth-order valence-electron chi connectivity index (χ4n) is 4.46. The maximum atomic E-state index is 13.2. The summed E-state index contributed by atoms with van der Waals surface area (Å²) in [6.07, 6.45) is 3.81. The molecule has 0 radical (unpaired) electrons. The molecule has 0 saturated carbocycles. The van der Waals surface area contributed by atoms with Gasteiger partial charge in [-0.25, -0.2) is 14.3 Å². The van der Waals surface area contributed by atoms with Crippen LogP contribution in [0.15, 0.2) is 57.4 Å². The van der Waals surface area contributed by atoms with E-state index in [0.29, 0.717) is 24.4 Å². The van der Waals surface area contributed by atoms with E-state index < -0.39 is 29.2 Å². The molecule has 6 N–H and O–H groups in total. The van der Waals surface area contributed by atoms with Crippen molar-refractivity contribution < 1.29 is 28.9 Å². The highest BCUT2D eigenvalue weighted by Gasteiger charge is 2.54. The molecule has 3 aromatic rings. The molecule has 5 rings (SSSR count). The fourth-order valence-corrected chi connectivity index (χ4v) is 7.14. The van der Waals surface area contributed by atoms with E-state index in [1.54, 1.807) is 24.1 Å². The lowest BCUT2D eigenvalue weighted by atomic mass is 10.0. The minimum atomic E-state index is -1.20. The normalized spacial score (nSPS) is 19.0. The molecule has 0 aromatic carbocycles. The van der Waals surface area contributed by atoms with Gasteiger partial charge < -0.3 is 26.7 Å². The van der Waals surface area contributed by atoms with Crippen molar-refractivity contribution in [2.45, 2.75) is 29.9 Å². The second-order valence-electron chi connectivity index (χ2n) is 8.70. The van der Waals surface area contributed by atoms with Gasteiger partial charge in [-0.3, -0.25) is 14.5 Å². The molecule has 0 bridgehead atoms. The maximum absolute atomic E-state index is 13.2. The summed E-state index contributed by atoms with van der Waals surface area (Å²) in [4.78, 5) is 49.1. The highest BCUT2D eigenvalue weighted by molar-refractivity contribution is 8.00. The van der Waals surface area contributed by atoms with Crippen molar-refractivity contribution in [3.05, 3.63) is 52.9 Å². The van der Waals surface area contributed by atoms with Crippen LogP contribution in [-0.4, -0.2) is 79.0 Å². The van der Waals surface area contributed by atoms with Crippen LogP contribution >= 0.6 is 34.9 Å². The molecule has 2 amide bonds. The average Bonchev–Trinajstić information content (AvgIpc) is 3.56. The van der Waals surface area contributed by atoms with Gasteiger partial charge in [0.25, 0.3) is 17.5 Å². The standard InChI is InChI=1S/C24H26N8O5S3/c1-2-37-29-17(14-12-40-24(26)27-14)20(33)28-18-21(34)32-19(23(35)36)13(11-39-22(18)32)10-30-7-8-31-15(30)4-3-5-16(31)38-9-6-25/h3-5,7-8,12,18,22H,2,6,9-11,25H2,1H3,(H3-,26,27,28,33,35,36)/p+1/t18-,22-/m0/s1. The molecular formula is C24H27N8O5S3+. The van der Waals surface area contributed by atoms with Crippen LogP contribution in [0, 0.1) is 0 Å². The number of carboxylic acid groups (broad SMARTS) is 1. The summed E-state index contributed by atoms with van der Waals surface area (Å²) >= 11 is 4.17. The molecule has 2 aliphatic rings. The Hall–Kier alpha value is -3.60. The first kappa shape index (κ1) is 27.9. The summed E-state index contributed by atoms with van der Waals surface area (Å²) in [5.74, 6) is -1.23. The number of nitrogens with two attached hydrogens (primary N) is 2. The number of thioether (sulfide) groups is 2. The molecule has 40 heavy (non-hydrogen) atoms. The molecule has 2 aliphatic heterocycles. The highest BCUT2D eigenvalue weighted by Crippen LogP contribution is 2.40. The molecular weight excluding hydrogens is 577 g/mol. The van der Waals surface area contributed by atoms with E-state index in [4.69, 9.17) is 16.3 Å². The number of pyridine rings is 1. The monoisotopic (exact) mass is 603 g/mol. The quantitative estimate of drug-likeness (QED) is 0.0792. The number of thiazole rings is 1. The number of nitrogen functional groups attached to an aromatic ring is 1. The first-order valence-electron chi connectivity index (χ1n) is 12.3. The van der Waals surface area contributed by atoms with Crippen LogP contribution in [0.2, 0.25) is 0 Å². The van der Waals surface area contributed by atoms with E-state index in [1.165, 1.54) is 16.7 Å². The molecule has 0 spiro atoms. The highest BCUT2D eigenvalue weighted by atomic mass is 32.2. The third kappa shape index (κ3) is 5.26. The van der Waals surface area contributed by atoms with Crippen LogP contribution in [0.5, 0.6) is 0 Å². The minimum absolute atomic E-state index is 0.0600. The predicted molar refractivity (Wildman–Crippen MR) is 152 cm³/mol. The Balaban J connectivity index is 1.36. The molecule has 16 heteroatoms. The second kappa shape index (κ2) is 11.9. The van der Waals surface area contributed by atoms with E-state index in [0.717, 1.165) is 27.8 Å². The third-order valence-corrected chi connectivity index (χ3v) is 9.27. The Kier molecular flexibility index (Phi) is 8.30. The topological polar surface area (TPSA) is 182 Å². The average molecular weight is 604 g/mol. The van der Waals surface area contributed by atoms with Crippen molar-refractivity contribution >= 4 is 69.1 Å². The van der Waals surface area contributed by atoms with Gasteiger partial charge >= 0.3 is 5.97 Å². The summed E-state index contributed by atoms with van der Waals surface area (Å²) in [7, 11) is 0. The Bertz CT molecular complexity index is 1530. The van der Waals surface area contributed by atoms with Gasteiger partial charge in [0.15, 0.2) is 15.9 Å². The molecule has 0 aliphatic carbocycles. The lowest BCUT2D eigenvalue weighted by molar-refractivity contribution is -0.662. The smallest absolute Gasteiger partial charge is 0.352 e. The summed E-state index contributed by atoms with van der Waals surface area (Å²) in [5.41, 5.74) is 12.9. The van der Waals surface area contributed by atoms with E-state index in [1.807, 2.05) is 39.6 Å². The van der Waals surface area contributed by atoms with E-state index in [9.17, 15) is 19.5 Å². The van der Waals surface area contributed by atoms with Crippen LogP contribution in [0.4, 0.5) is 5.13 Å². The number of hydrogen-bond donors (Lipinski definition) is 4. The van der Waals surface area contributed by atoms with Crippen LogP contribution in [0.3, 0.4) is 0 Å². The number of nitrogens with one attached hydrogen (secondary N) is 1. The first-order chi connectivity index (χ1) is 19.3. The zero-order chi connectivity index (χ0) is 28.4. The van der Waals surface area contributed by atoms with E-state index in [-0.39, 0.29) is 28.8 Å². The van der Waals surface area contributed by atoms with E-state index >= 15 is 0 Å². The number of hydrogen-bond acceptors (Lipinski definition) is 11. The summed E-state index contributed by atoms with van der Waals surface area (Å²) in [6, 6.07) is 4.96. The molecule has 1 saturated heterocycles. The van der Waals surface area contributed by atoms with Crippen LogP contribution in [0.25, 0.3) is 5.65 Å². The van der Waals surface area contributed by atoms with Gasteiger partial charge in [0.2, 0.25) is 0 Å². The number of carboxylic acids is 1. The number of carbonyl (C=O) groups is 3. The first-order valence-corrected chi connectivity index (χ1v) is 15.2. The lowest BCUT2D eigenvalue weighted by Gasteiger charge is -2.49.